The van der Waals surface area contributed by atoms with Crippen molar-refractivity contribution in [2.24, 2.45) is 0 Å². The summed E-state index contributed by atoms with van der Waals surface area (Å²) in [6.07, 6.45) is 0.495. The van der Waals surface area contributed by atoms with Crippen molar-refractivity contribution in [2.45, 2.75) is 24.0 Å². The van der Waals surface area contributed by atoms with Gasteiger partial charge in [-0.3, -0.25) is 4.79 Å². The molecule has 10 nitrogen and oxygen atoms in total. The van der Waals surface area contributed by atoms with E-state index in [4.69, 9.17) is 4.74 Å². The van der Waals surface area contributed by atoms with Crippen molar-refractivity contribution in [3.05, 3.63) is 30.7 Å². The van der Waals surface area contributed by atoms with Gasteiger partial charge in [0.25, 0.3) is 5.91 Å². The van der Waals surface area contributed by atoms with Gasteiger partial charge < -0.3 is 19.3 Å². The standard InChI is InChI=1S/C19H20F3N5O5S/c1-33(29,30)14-9-26(10-14)18-24-6-12(7-25-18)27-5-4-15(17(27)28)32-13-2-3-16(23-8-13)31-11-19(20,21)22/h2-3,6-8,14-15H,4-5,9-11H2,1H3/t15-/m0/s1. The summed E-state index contributed by atoms with van der Waals surface area (Å²) in [5.41, 5.74) is 0.476. The second-order valence-electron chi connectivity index (χ2n) is 7.72. The third-order valence-electron chi connectivity index (χ3n) is 5.20. The van der Waals surface area contributed by atoms with Gasteiger partial charge in [0, 0.05) is 38.4 Å². The highest BCUT2D eigenvalue weighted by Crippen LogP contribution is 2.27. The van der Waals surface area contributed by atoms with Crippen LogP contribution in [0.25, 0.3) is 0 Å². The maximum Gasteiger partial charge on any atom is 0.422 e. The predicted molar refractivity (Wildman–Crippen MR) is 110 cm³/mol. The minimum absolute atomic E-state index is 0.207. The van der Waals surface area contributed by atoms with E-state index in [-0.39, 0.29) is 17.5 Å². The number of anilines is 2. The lowest BCUT2D eigenvalue weighted by molar-refractivity contribution is -0.154. The minimum atomic E-state index is -4.47. The fourth-order valence-corrected chi connectivity index (χ4v) is 4.25. The smallest absolute Gasteiger partial charge is 0.422 e. The number of carbonyl (C=O) groups excluding carboxylic acids is 1. The Labute approximate surface area is 187 Å². The minimum Gasteiger partial charge on any atom is -0.479 e. The molecule has 0 radical (unpaired) electrons. The summed E-state index contributed by atoms with van der Waals surface area (Å²) in [4.78, 5) is 28.2. The summed E-state index contributed by atoms with van der Waals surface area (Å²) in [7, 11) is -3.10. The number of alkyl halides is 3. The molecule has 0 unspecified atom stereocenters. The van der Waals surface area contributed by atoms with Crippen LogP contribution in [-0.4, -0.2) is 79.3 Å². The highest BCUT2D eigenvalue weighted by atomic mass is 32.2. The van der Waals surface area contributed by atoms with Crippen molar-refractivity contribution in [3.63, 3.8) is 0 Å². The number of rotatable bonds is 7. The lowest BCUT2D eigenvalue weighted by Crippen LogP contribution is -2.55. The molecule has 4 rings (SSSR count). The molecule has 0 saturated carbocycles. The number of carbonyl (C=O) groups is 1. The first-order chi connectivity index (χ1) is 15.5. The molecule has 2 aromatic heterocycles. The second-order valence-corrected chi connectivity index (χ2v) is 10.0. The van der Waals surface area contributed by atoms with Gasteiger partial charge >= 0.3 is 6.18 Å². The van der Waals surface area contributed by atoms with E-state index in [0.29, 0.717) is 37.7 Å². The Balaban J connectivity index is 1.32. The third kappa shape index (κ3) is 5.43. The van der Waals surface area contributed by atoms with Crippen molar-refractivity contribution in [1.29, 1.82) is 0 Å². The quantitative estimate of drug-likeness (QED) is 0.569. The molecular weight excluding hydrogens is 467 g/mol. The van der Waals surface area contributed by atoms with E-state index in [1.807, 2.05) is 0 Å². The first-order valence-electron chi connectivity index (χ1n) is 9.89. The first kappa shape index (κ1) is 23.0. The molecule has 0 aliphatic carbocycles. The highest BCUT2D eigenvalue weighted by molar-refractivity contribution is 7.91. The predicted octanol–water partition coefficient (Wildman–Crippen LogP) is 1.23. The molecule has 1 amide bonds. The number of sulfone groups is 1. The summed E-state index contributed by atoms with van der Waals surface area (Å²) >= 11 is 0. The zero-order valence-electron chi connectivity index (χ0n) is 17.4. The number of pyridine rings is 1. The Morgan fingerprint density at radius 2 is 1.82 bits per heavy atom. The number of nitrogens with zero attached hydrogens (tertiary/aromatic N) is 5. The van der Waals surface area contributed by atoms with Crippen LogP contribution >= 0.6 is 0 Å². The molecule has 2 saturated heterocycles. The number of amides is 1. The molecule has 2 aromatic rings. The van der Waals surface area contributed by atoms with E-state index < -0.39 is 34.0 Å². The largest absolute Gasteiger partial charge is 0.479 e. The van der Waals surface area contributed by atoms with E-state index in [0.717, 1.165) is 0 Å². The second kappa shape index (κ2) is 8.65. The normalized spacial score (nSPS) is 19.5. The van der Waals surface area contributed by atoms with E-state index in [1.165, 1.54) is 41.9 Å². The number of halogens is 3. The van der Waals surface area contributed by atoms with Crippen LogP contribution in [-0.2, 0) is 14.6 Å². The van der Waals surface area contributed by atoms with Gasteiger partial charge in [0.2, 0.25) is 11.8 Å². The van der Waals surface area contributed by atoms with Gasteiger partial charge in [0.05, 0.1) is 29.5 Å². The Hall–Kier alpha value is -3.16. The number of aromatic nitrogens is 3. The molecule has 0 N–H and O–H groups in total. The molecule has 14 heteroatoms. The molecule has 2 fully saturated rings. The van der Waals surface area contributed by atoms with E-state index in [2.05, 4.69) is 19.7 Å². The first-order valence-corrected chi connectivity index (χ1v) is 11.8. The fourth-order valence-electron chi connectivity index (χ4n) is 3.35. The summed E-state index contributed by atoms with van der Waals surface area (Å²) in [5.74, 6) is 0.0857. The maximum atomic E-state index is 12.7. The van der Waals surface area contributed by atoms with Gasteiger partial charge in [-0.2, -0.15) is 13.2 Å². The van der Waals surface area contributed by atoms with Gasteiger partial charge in [-0.25, -0.2) is 23.4 Å². The molecule has 2 aliphatic heterocycles. The lowest BCUT2D eigenvalue weighted by atomic mass is 10.2. The summed E-state index contributed by atoms with van der Waals surface area (Å²) in [6.45, 7) is -0.435. The third-order valence-corrected chi connectivity index (χ3v) is 6.71. The van der Waals surface area contributed by atoms with Crippen molar-refractivity contribution in [3.8, 4) is 11.6 Å². The maximum absolute atomic E-state index is 12.7. The van der Waals surface area contributed by atoms with E-state index in [9.17, 15) is 26.4 Å². The summed E-state index contributed by atoms with van der Waals surface area (Å²) < 4.78 is 69.8. The van der Waals surface area contributed by atoms with Crippen molar-refractivity contribution in [2.75, 3.05) is 42.3 Å². The Morgan fingerprint density at radius 1 is 1.12 bits per heavy atom. The Kier molecular flexibility index (Phi) is 6.03. The zero-order chi connectivity index (χ0) is 23.8. The molecule has 2 aliphatic rings. The molecule has 4 heterocycles. The van der Waals surface area contributed by atoms with E-state index in [1.54, 1.807) is 4.90 Å². The van der Waals surface area contributed by atoms with Crippen LogP contribution < -0.4 is 19.3 Å². The molecule has 178 valence electrons. The van der Waals surface area contributed by atoms with Crippen molar-refractivity contribution >= 4 is 27.4 Å². The Morgan fingerprint density at radius 3 is 2.39 bits per heavy atom. The van der Waals surface area contributed by atoms with Crippen molar-refractivity contribution < 1.29 is 35.9 Å². The van der Waals surface area contributed by atoms with Gasteiger partial charge in [0.15, 0.2) is 22.5 Å². The fraction of sp³-hybridized carbons (Fsp3) is 0.474. The molecule has 0 bridgehead atoms. The van der Waals surface area contributed by atoms with Crippen LogP contribution in [0.15, 0.2) is 30.7 Å². The monoisotopic (exact) mass is 487 g/mol. The van der Waals surface area contributed by atoms with Gasteiger partial charge in [-0.1, -0.05) is 0 Å². The van der Waals surface area contributed by atoms with Crippen LogP contribution in [0.4, 0.5) is 24.8 Å². The average Bonchev–Trinajstić information content (AvgIpc) is 3.05. The summed E-state index contributed by atoms with van der Waals surface area (Å²) in [6, 6.07) is 2.61. The van der Waals surface area contributed by atoms with Crippen LogP contribution in [0.1, 0.15) is 6.42 Å². The van der Waals surface area contributed by atoms with Gasteiger partial charge in [0.1, 0.15) is 5.75 Å². The van der Waals surface area contributed by atoms with E-state index >= 15 is 0 Å². The molecule has 33 heavy (non-hydrogen) atoms. The molecule has 0 aromatic carbocycles. The van der Waals surface area contributed by atoms with Crippen LogP contribution in [0.5, 0.6) is 11.6 Å². The van der Waals surface area contributed by atoms with Crippen LogP contribution in [0.2, 0.25) is 0 Å². The topological polar surface area (TPSA) is 115 Å². The lowest BCUT2D eigenvalue weighted by Gasteiger charge is -2.37. The van der Waals surface area contributed by atoms with Gasteiger partial charge in [-0.15, -0.1) is 0 Å². The molecule has 0 spiro atoms. The number of ether oxygens (including phenoxy) is 2. The number of hydrogen-bond acceptors (Lipinski definition) is 9. The van der Waals surface area contributed by atoms with Crippen LogP contribution in [0, 0.1) is 0 Å². The van der Waals surface area contributed by atoms with Gasteiger partial charge in [-0.05, 0) is 6.07 Å². The SMILES string of the molecule is CS(=O)(=O)C1CN(c2ncc(N3CC[C@H](Oc4ccc(OCC(F)(F)F)nc4)C3=O)cn2)C1. The molecular formula is C19H20F3N5O5S. The Bertz CT molecular complexity index is 1110. The summed E-state index contributed by atoms with van der Waals surface area (Å²) in [5, 5.41) is -0.432. The average molecular weight is 487 g/mol. The van der Waals surface area contributed by atoms with Crippen molar-refractivity contribution in [1.82, 2.24) is 15.0 Å². The zero-order valence-corrected chi connectivity index (χ0v) is 18.2. The number of hydrogen-bond donors (Lipinski definition) is 0. The molecule has 1 atom stereocenters. The highest BCUT2D eigenvalue weighted by Gasteiger charge is 2.37. The van der Waals surface area contributed by atoms with Crippen LogP contribution in [0.3, 0.4) is 0 Å².